The van der Waals surface area contributed by atoms with Crippen molar-refractivity contribution < 1.29 is 18.8 Å². The predicted octanol–water partition coefficient (Wildman–Crippen LogP) is 4.73. The molecule has 0 heterocycles. The summed E-state index contributed by atoms with van der Waals surface area (Å²) in [5, 5.41) is 12.0. The summed E-state index contributed by atoms with van der Waals surface area (Å²) < 4.78 is 23.3. The van der Waals surface area contributed by atoms with E-state index in [2.05, 4.69) is 13.8 Å². The molecule has 0 fully saturated rings. The van der Waals surface area contributed by atoms with E-state index in [0.717, 1.165) is 5.56 Å². The predicted molar refractivity (Wildman–Crippen MR) is 92.8 cm³/mol. The van der Waals surface area contributed by atoms with Gasteiger partial charge in [0.15, 0.2) is 0 Å². The van der Waals surface area contributed by atoms with E-state index >= 15 is 0 Å². The monoisotopic (exact) mass is 343 g/mol. The lowest BCUT2D eigenvalue weighted by Crippen LogP contribution is -2.38. The minimum atomic E-state index is -3.19. The second-order valence-corrected chi connectivity index (χ2v) is 8.06. The first-order chi connectivity index (χ1) is 10.8. The van der Waals surface area contributed by atoms with Gasteiger partial charge in [0.05, 0.1) is 25.4 Å². The standard InChI is InChI=1S/C17H30NO4P/c1-6-21-23(20,22-7-2)13-15(5)18(19)17(14(3)4)16-11-9-8-10-12-16/h8-12,14-15,17,19H,6-7,13H2,1-5H3. The Morgan fingerprint density at radius 2 is 1.61 bits per heavy atom. The van der Waals surface area contributed by atoms with Crippen molar-refractivity contribution >= 4 is 7.60 Å². The van der Waals surface area contributed by atoms with E-state index in [9.17, 15) is 9.77 Å². The molecular formula is C17H30NO4P. The van der Waals surface area contributed by atoms with E-state index in [1.165, 1.54) is 5.06 Å². The SMILES string of the molecule is CCOP(=O)(CC(C)N(O)C(c1ccccc1)C(C)C)OCC. The lowest BCUT2D eigenvalue weighted by atomic mass is 9.95. The van der Waals surface area contributed by atoms with Crippen LogP contribution >= 0.6 is 7.60 Å². The summed E-state index contributed by atoms with van der Waals surface area (Å²) in [6.07, 6.45) is 0.154. The van der Waals surface area contributed by atoms with Crippen molar-refractivity contribution in [1.82, 2.24) is 5.06 Å². The highest BCUT2D eigenvalue weighted by Gasteiger charge is 2.33. The molecule has 1 aromatic rings. The molecule has 0 aliphatic carbocycles. The van der Waals surface area contributed by atoms with E-state index in [-0.39, 0.29) is 24.2 Å². The fourth-order valence-electron chi connectivity index (χ4n) is 2.71. The quantitative estimate of drug-likeness (QED) is 0.492. The molecule has 2 atom stereocenters. The zero-order chi connectivity index (χ0) is 17.5. The molecule has 1 N–H and O–H groups in total. The van der Waals surface area contributed by atoms with Gasteiger partial charge in [0.2, 0.25) is 0 Å². The minimum absolute atomic E-state index is 0.154. The van der Waals surface area contributed by atoms with Crippen LogP contribution < -0.4 is 0 Å². The third-order valence-electron chi connectivity index (χ3n) is 3.65. The van der Waals surface area contributed by atoms with Crippen LogP contribution in [-0.2, 0) is 13.6 Å². The summed E-state index contributed by atoms with van der Waals surface area (Å²) >= 11 is 0. The zero-order valence-electron chi connectivity index (χ0n) is 14.8. The fourth-order valence-corrected chi connectivity index (χ4v) is 4.60. The van der Waals surface area contributed by atoms with E-state index in [1.54, 1.807) is 13.8 Å². The smallest absolute Gasteiger partial charge is 0.313 e. The van der Waals surface area contributed by atoms with Gasteiger partial charge in [0, 0.05) is 6.04 Å². The number of rotatable bonds is 10. The van der Waals surface area contributed by atoms with Crippen molar-refractivity contribution in [2.24, 2.45) is 5.92 Å². The van der Waals surface area contributed by atoms with Crippen molar-refractivity contribution in [3.63, 3.8) is 0 Å². The van der Waals surface area contributed by atoms with Gasteiger partial charge in [-0.1, -0.05) is 44.2 Å². The van der Waals surface area contributed by atoms with Crippen LogP contribution in [0.5, 0.6) is 0 Å². The van der Waals surface area contributed by atoms with Gasteiger partial charge < -0.3 is 14.3 Å². The Bertz CT molecular complexity index is 485. The Labute approximate surface area is 140 Å². The van der Waals surface area contributed by atoms with Gasteiger partial charge in [-0.25, -0.2) is 0 Å². The van der Waals surface area contributed by atoms with Gasteiger partial charge in [0.1, 0.15) is 0 Å². The molecular weight excluding hydrogens is 313 g/mol. The van der Waals surface area contributed by atoms with Gasteiger partial charge in [-0.3, -0.25) is 4.57 Å². The molecule has 23 heavy (non-hydrogen) atoms. The normalized spacial score (nSPS) is 15.1. The first kappa shape index (κ1) is 20.3. The fraction of sp³-hybridized carbons (Fsp3) is 0.647. The van der Waals surface area contributed by atoms with Crippen LogP contribution in [0.15, 0.2) is 30.3 Å². The lowest BCUT2D eigenvalue weighted by Gasteiger charge is -2.35. The molecule has 0 spiro atoms. The van der Waals surface area contributed by atoms with E-state index in [1.807, 2.05) is 37.3 Å². The van der Waals surface area contributed by atoms with Crippen LogP contribution in [0, 0.1) is 5.92 Å². The third-order valence-corrected chi connectivity index (χ3v) is 5.93. The number of hydroxylamine groups is 2. The molecule has 0 saturated heterocycles. The molecule has 0 saturated carbocycles. The number of benzene rings is 1. The van der Waals surface area contributed by atoms with Gasteiger partial charge in [0.25, 0.3) is 0 Å². The molecule has 6 heteroatoms. The van der Waals surface area contributed by atoms with Crippen LogP contribution in [0.4, 0.5) is 0 Å². The second kappa shape index (κ2) is 9.55. The maximum absolute atomic E-state index is 12.7. The molecule has 0 radical (unpaired) electrons. The lowest BCUT2D eigenvalue weighted by molar-refractivity contribution is -0.164. The first-order valence-electron chi connectivity index (χ1n) is 8.24. The average molecular weight is 343 g/mol. The summed E-state index contributed by atoms with van der Waals surface area (Å²) in [5.41, 5.74) is 1.03. The van der Waals surface area contributed by atoms with Crippen molar-refractivity contribution in [1.29, 1.82) is 0 Å². The molecule has 132 valence electrons. The van der Waals surface area contributed by atoms with E-state index in [0.29, 0.717) is 13.2 Å². The first-order valence-corrected chi connectivity index (χ1v) is 9.97. The van der Waals surface area contributed by atoms with Crippen molar-refractivity contribution in [2.45, 2.75) is 46.7 Å². The minimum Gasteiger partial charge on any atom is -0.313 e. The Balaban J connectivity index is 2.91. The molecule has 0 aromatic heterocycles. The summed E-state index contributed by atoms with van der Waals surface area (Å²) in [6.45, 7) is 10.2. The number of hydrogen-bond acceptors (Lipinski definition) is 5. The molecule has 0 aliphatic heterocycles. The summed E-state index contributed by atoms with van der Waals surface area (Å²) in [5.74, 6) is 0.198. The number of hydrogen-bond donors (Lipinski definition) is 1. The summed E-state index contributed by atoms with van der Waals surface area (Å²) in [4.78, 5) is 0. The third kappa shape index (κ3) is 6.02. The number of nitrogens with zero attached hydrogens (tertiary/aromatic N) is 1. The highest BCUT2D eigenvalue weighted by Crippen LogP contribution is 2.49. The summed E-state index contributed by atoms with van der Waals surface area (Å²) in [7, 11) is -3.19. The Morgan fingerprint density at radius 1 is 1.09 bits per heavy atom. The highest BCUT2D eigenvalue weighted by atomic mass is 31.2. The molecule has 0 bridgehead atoms. The molecule has 0 amide bonds. The highest BCUT2D eigenvalue weighted by molar-refractivity contribution is 7.53. The molecule has 5 nitrogen and oxygen atoms in total. The molecule has 1 rings (SSSR count). The van der Waals surface area contributed by atoms with Crippen molar-refractivity contribution in [2.75, 3.05) is 19.4 Å². The zero-order valence-corrected chi connectivity index (χ0v) is 15.7. The Kier molecular flexibility index (Phi) is 8.45. The Morgan fingerprint density at radius 3 is 2.04 bits per heavy atom. The maximum atomic E-state index is 12.7. The van der Waals surface area contributed by atoms with Crippen molar-refractivity contribution in [3.05, 3.63) is 35.9 Å². The Hall–Kier alpha value is -0.710. The summed E-state index contributed by atoms with van der Waals surface area (Å²) in [6, 6.07) is 9.30. The van der Waals surface area contributed by atoms with Gasteiger partial charge >= 0.3 is 7.60 Å². The largest absolute Gasteiger partial charge is 0.332 e. The van der Waals surface area contributed by atoms with Crippen LogP contribution in [0.1, 0.15) is 46.2 Å². The van der Waals surface area contributed by atoms with E-state index in [4.69, 9.17) is 9.05 Å². The van der Waals surface area contributed by atoms with Gasteiger partial charge in [-0.15, -0.1) is 0 Å². The van der Waals surface area contributed by atoms with Crippen LogP contribution in [0.2, 0.25) is 0 Å². The molecule has 0 aliphatic rings. The molecule has 1 aromatic carbocycles. The van der Waals surface area contributed by atoms with Crippen molar-refractivity contribution in [3.8, 4) is 0 Å². The van der Waals surface area contributed by atoms with E-state index < -0.39 is 7.60 Å². The van der Waals surface area contributed by atoms with Crippen LogP contribution in [0.3, 0.4) is 0 Å². The second-order valence-electron chi connectivity index (χ2n) is 5.96. The van der Waals surface area contributed by atoms with Crippen LogP contribution in [-0.4, -0.2) is 35.7 Å². The van der Waals surface area contributed by atoms with Crippen LogP contribution in [0.25, 0.3) is 0 Å². The molecule has 2 unspecified atom stereocenters. The van der Waals surface area contributed by atoms with Gasteiger partial charge in [-0.2, -0.15) is 5.06 Å². The topological polar surface area (TPSA) is 59.0 Å². The maximum Gasteiger partial charge on any atom is 0.332 e. The average Bonchev–Trinajstić information content (AvgIpc) is 2.48. The van der Waals surface area contributed by atoms with Gasteiger partial charge in [-0.05, 0) is 32.3 Å².